The van der Waals surface area contributed by atoms with Gasteiger partial charge in [0.25, 0.3) is 0 Å². The van der Waals surface area contributed by atoms with Crippen LogP contribution in [0.15, 0.2) is 0 Å². The maximum Gasteiger partial charge on any atom is 0.316 e. The van der Waals surface area contributed by atoms with Crippen molar-refractivity contribution in [2.24, 2.45) is 0 Å². The molecule has 54 valence electrons. The minimum absolute atomic E-state index is 0.988. The van der Waals surface area contributed by atoms with Crippen molar-refractivity contribution >= 4 is 16.8 Å². The molecule has 0 aromatic carbocycles. The Morgan fingerprint density at radius 1 is 1.67 bits per heavy atom. The van der Waals surface area contributed by atoms with Crippen LogP contribution in [-0.2, 0) is 15.6 Å². The molecule has 6 heteroatoms. The number of carboxylic acid groups (broad SMARTS) is 1. The van der Waals surface area contributed by atoms with E-state index < -0.39 is 28.3 Å². The third-order valence-electron chi connectivity index (χ3n) is 0.464. The standard InChI is InChI=1S/C3H4F2O3S/c4-3(5)9(8)1-2(6)7/h3H,1H2,(H,6,7). The Morgan fingerprint density at radius 2 is 2.11 bits per heavy atom. The van der Waals surface area contributed by atoms with Gasteiger partial charge in [0.2, 0.25) is 0 Å². The lowest BCUT2D eigenvalue weighted by Gasteiger charge is -1.92. The first-order valence-electron chi connectivity index (χ1n) is 1.91. The summed E-state index contributed by atoms with van der Waals surface area (Å²) in [5.74, 6) is -5.52. The van der Waals surface area contributed by atoms with Gasteiger partial charge in [-0.1, -0.05) is 0 Å². The van der Waals surface area contributed by atoms with Crippen molar-refractivity contribution in [1.82, 2.24) is 0 Å². The average Bonchev–Trinajstić information content (AvgIpc) is 1.63. The number of rotatable bonds is 3. The second kappa shape index (κ2) is 3.49. The van der Waals surface area contributed by atoms with Crippen LogP contribution >= 0.6 is 0 Å². The van der Waals surface area contributed by atoms with Gasteiger partial charge in [-0.2, -0.15) is 8.78 Å². The Labute approximate surface area is 52.1 Å². The fraction of sp³-hybridized carbons (Fsp3) is 0.667. The summed E-state index contributed by atoms with van der Waals surface area (Å²) in [6.07, 6.45) is 0. The minimum atomic E-state index is -3.05. The predicted molar refractivity (Wildman–Crippen MR) is 26.6 cm³/mol. The molecule has 1 N–H and O–H groups in total. The molecule has 3 nitrogen and oxygen atoms in total. The SMILES string of the molecule is O=C(O)CS(=O)C(F)F. The maximum absolute atomic E-state index is 11.2. The normalized spacial score (nSPS) is 13.7. The van der Waals surface area contributed by atoms with E-state index in [0.717, 1.165) is 0 Å². The van der Waals surface area contributed by atoms with Gasteiger partial charge < -0.3 is 5.11 Å². The molecule has 0 fully saturated rings. The Bertz CT molecular complexity index is 135. The van der Waals surface area contributed by atoms with E-state index in [-0.39, 0.29) is 0 Å². The molecule has 0 aromatic heterocycles. The van der Waals surface area contributed by atoms with Gasteiger partial charge in [-0.3, -0.25) is 9.00 Å². The maximum atomic E-state index is 11.2. The van der Waals surface area contributed by atoms with Gasteiger partial charge in [0.05, 0.1) is 10.8 Å². The molecule has 0 saturated heterocycles. The van der Waals surface area contributed by atoms with Crippen molar-refractivity contribution < 1.29 is 22.9 Å². The molecular formula is C3H4F2O3S. The highest BCUT2D eigenvalue weighted by atomic mass is 32.2. The Kier molecular flexibility index (Phi) is 3.29. The first-order valence-corrected chi connectivity index (χ1v) is 3.29. The number of aliphatic carboxylic acids is 1. The van der Waals surface area contributed by atoms with Crippen LogP contribution in [-0.4, -0.2) is 26.8 Å². The topological polar surface area (TPSA) is 54.4 Å². The van der Waals surface area contributed by atoms with Crippen molar-refractivity contribution in [2.45, 2.75) is 5.76 Å². The molecule has 0 saturated carbocycles. The summed E-state index contributed by atoms with van der Waals surface area (Å²) in [4.78, 5) is 9.59. The van der Waals surface area contributed by atoms with Gasteiger partial charge in [0, 0.05) is 0 Å². The zero-order valence-corrected chi connectivity index (χ0v) is 5.03. The molecule has 0 aliphatic rings. The molecule has 0 aliphatic carbocycles. The predicted octanol–water partition coefficient (Wildman–Crippen LogP) is 0.0423. The molecule has 0 aliphatic heterocycles. The Balaban J connectivity index is 3.64. The lowest BCUT2D eigenvalue weighted by atomic mass is 10.8. The van der Waals surface area contributed by atoms with Crippen LogP contribution in [0.25, 0.3) is 0 Å². The van der Waals surface area contributed by atoms with Gasteiger partial charge in [0.1, 0.15) is 5.75 Å². The minimum Gasteiger partial charge on any atom is -0.481 e. The van der Waals surface area contributed by atoms with Gasteiger partial charge in [-0.25, -0.2) is 0 Å². The van der Waals surface area contributed by atoms with E-state index in [1.54, 1.807) is 0 Å². The zero-order chi connectivity index (χ0) is 7.44. The molecule has 1 unspecified atom stereocenters. The summed E-state index contributed by atoms with van der Waals surface area (Å²) >= 11 is 0. The average molecular weight is 158 g/mol. The lowest BCUT2D eigenvalue weighted by molar-refractivity contribution is -0.134. The summed E-state index contributed by atoms with van der Waals surface area (Å²) in [6, 6.07) is 0. The molecule has 0 radical (unpaired) electrons. The Morgan fingerprint density at radius 3 is 2.22 bits per heavy atom. The van der Waals surface area contributed by atoms with Gasteiger partial charge in [-0.05, 0) is 0 Å². The number of carboxylic acids is 1. The summed E-state index contributed by atoms with van der Waals surface area (Å²) in [5.41, 5.74) is 0. The molecular weight excluding hydrogens is 154 g/mol. The van der Waals surface area contributed by atoms with Crippen LogP contribution in [0.5, 0.6) is 0 Å². The van der Waals surface area contributed by atoms with Gasteiger partial charge in [-0.15, -0.1) is 0 Å². The first-order chi connectivity index (χ1) is 4.04. The lowest BCUT2D eigenvalue weighted by Crippen LogP contribution is -2.14. The Hall–Kier alpha value is -0.520. The first kappa shape index (κ1) is 8.48. The number of halogens is 2. The van der Waals surface area contributed by atoms with E-state index in [4.69, 9.17) is 5.11 Å². The molecule has 0 spiro atoms. The third-order valence-corrected chi connectivity index (χ3v) is 1.39. The van der Waals surface area contributed by atoms with Crippen molar-refractivity contribution in [3.8, 4) is 0 Å². The summed E-state index contributed by atoms with van der Waals surface area (Å²) in [7, 11) is -2.53. The van der Waals surface area contributed by atoms with Crippen LogP contribution in [0.3, 0.4) is 0 Å². The van der Waals surface area contributed by atoms with Crippen LogP contribution < -0.4 is 0 Å². The van der Waals surface area contributed by atoms with Crippen molar-refractivity contribution in [3.05, 3.63) is 0 Å². The third kappa shape index (κ3) is 4.01. The number of hydrogen-bond donors (Lipinski definition) is 1. The summed E-state index contributed by atoms with van der Waals surface area (Å²) < 4.78 is 32.4. The molecule has 9 heavy (non-hydrogen) atoms. The van der Waals surface area contributed by atoms with Crippen LogP contribution in [0, 0.1) is 0 Å². The number of carbonyl (C=O) groups is 1. The fourth-order valence-corrected chi connectivity index (χ4v) is 0.554. The molecule has 0 heterocycles. The molecule has 0 amide bonds. The fourth-order valence-electron chi connectivity index (χ4n) is 0.185. The summed E-state index contributed by atoms with van der Waals surface area (Å²) in [5, 5.41) is 7.81. The van der Waals surface area contributed by atoms with Gasteiger partial charge >= 0.3 is 11.7 Å². The van der Waals surface area contributed by atoms with Gasteiger partial charge in [0.15, 0.2) is 0 Å². The molecule has 0 rings (SSSR count). The number of hydrogen-bond acceptors (Lipinski definition) is 2. The van der Waals surface area contributed by atoms with Crippen LogP contribution in [0.1, 0.15) is 0 Å². The smallest absolute Gasteiger partial charge is 0.316 e. The van der Waals surface area contributed by atoms with E-state index in [1.165, 1.54) is 0 Å². The van der Waals surface area contributed by atoms with E-state index >= 15 is 0 Å². The van der Waals surface area contributed by atoms with E-state index in [0.29, 0.717) is 0 Å². The van der Waals surface area contributed by atoms with E-state index in [2.05, 4.69) is 0 Å². The molecule has 0 bridgehead atoms. The van der Waals surface area contributed by atoms with Crippen LogP contribution in [0.2, 0.25) is 0 Å². The van der Waals surface area contributed by atoms with E-state index in [1.807, 2.05) is 0 Å². The highest BCUT2D eigenvalue weighted by molar-refractivity contribution is 7.86. The second-order valence-corrected chi connectivity index (χ2v) is 2.59. The number of alkyl halides is 2. The van der Waals surface area contributed by atoms with Crippen LogP contribution in [0.4, 0.5) is 8.78 Å². The largest absolute Gasteiger partial charge is 0.481 e. The van der Waals surface area contributed by atoms with Crippen molar-refractivity contribution in [2.75, 3.05) is 5.75 Å². The quantitative estimate of drug-likeness (QED) is 0.631. The second-order valence-electron chi connectivity index (χ2n) is 1.18. The van der Waals surface area contributed by atoms with E-state index in [9.17, 15) is 17.8 Å². The zero-order valence-electron chi connectivity index (χ0n) is 4.21. The monoisotopic (exact) mass is 158 g/mol. The highest BCUT2D eigenvalue weighted by Crippen LogP contribution is 1.98. The molecule has 0 aromatic rings. The highest BCUT2D eigenvalue weighted by Gasteiger charge is 2.15. The molecule has 1 atom stereocenters. The summed E-state index contributed by atoms with van der Waals surface area (Å²) in [6.45, 7) is 0. The van der Waals surface area contributed by atoms with Crippen molar-refractivity contribution in [3.63, 3.8) is 0 Å². The van der Waals surface area contributed by atoms with Crippen molar-refractivity contribution in [1.29, 1.82) is 0 Å².